The van der Waals surface area contributed by atoms with Gasteiger partial charge in [0.1, 0.15) is 11.7 Å². The number of hydrogen-bond donors (Lipinski definition) is 1. The van der Waals surface area contributed by atoms with E-state index in [0.29, 0.717) is 17.2 Å². The number of furan rings is 1. The first kappa shape index (κ1) is 13.2. The molecular formula is C14H10ClNO3. The molecule has 0 radical (unpaired) electrons. The molecule has 5 heteroatoms. The number of halogens is 1. The van der Waals surface area contributed by atoms with Gasteiger partial charge in [0.15, 0.2) is 0 Å². The van der Waals surface area contributed by atoms with Crippen LogP contribution < -0.4 is 0 Å². The summed E-state index contributed by atoms with van der Waals surface area (Å²) in [6.45, 7) is 0. The lowest BCUT2D eigenvalue weighted by atomic mass is 9.98. The summed E-state index contributed by atoms with van der Waals surface area (Å²) in [5, 5.41) is 18.6. The Bertz CT molecular complexity index is 625. The Hall–Kier alpha value is -2.25. The second-order valence-electron chi connectivity index (χ2n) is 4.02. The van der Waals surface area contributed by atoms with E-state index in [-0.39, 0.29) is 5.76 Å². The van der Waals surface area contributed by atoms with Crippen LogP contribution in [0.4, 0.5) is 0 Å². The molecule has 96 valence electrons. The van der Waals surface area contributed by atoms with Gasteiger partial charge >= 0.3 is 5.97 Å². The Morgan fingerprint density at radius 2 is 2.00 bits per heavy atom. The largest absolute Gasteiger partial charge is 0.475 e. The van der Waals surface area contributed by atoms with Crippen LogP contribution in [-0.2, 0) is 6.42 Å². The van der Waals surface area contributed by atoms with Crippen molar-refractivity contribution in [1.29, 1.82) is 5.26 Å². The van der Waals surface area contributed by atoms with Gasteiger partial charge in [0.25, 0.3) is 0 Å². The van der Waals surface area contributed by atoms with Crippen molar-refractivity contribution in [3.05, 3.63) is 58.5 Å². The quantitative estimate of drug-likeness (QED) is 0.927. The number of carboxylic acids is 1. The maximum Gasteiger partial charge on any atom is 0.371 e. The SMILES string of the molecule is N#CC(Cc1ccc(Cl)cc1)c1ccc(C(=O)O)o1. The second kappa shape index (κ2) is 5.59. The van der Waals surface area contributed by atoms with Crippen LogP contribution in [0.15, 0.2) is 40.8 Å². The van der Waals surface area contributed by atoms with E-state index in [1.165, 1.54) is 12.1 Å². The summed E-state index contributed by atoms with van der Waals surface area (Å²) in [6, 6.07) is 12.1. The summed E-state index contributed by atoms with van der Waals surface area (Å²) in [7, 11) is 0. The van der Waals surface area contributed by atoms with Crippen LogP contribution in [0.2, 0.25) is 5.02 Å². The van der Waals surface area contributed by atoms with Crippen molar-refractivity contribution < 1.29 is 14.3 Å². The minimum atomic E-state index is -1.14. The fourth-order valence-corrected chi connectivity index (χ4v) is 1.85. The molecule has 4 nitrogen and oxygen atoms in total. The smallest absolute Gasteiger partial charge is 0.371 e. The number of rotatable bonds is 4. The van der Waals surface area contributed by atoms with E-state index in [2.05, 4.69) is 6.07 Å². The fraction of sp³-hybridized carbons (Fsp3) is 0.143. The van der Waals surface area contributed by atoms with Gasteiger partial charge in [0.2, 0.25) is 5.76 Å². The number of carbonyl (C=O) groups is 1. The molecule has 1 N–H and O–H groups in total. The van der Waals surface area contributed by atoms with Crippen LogP contribution in [0.3, 0.4) is 0 Å². The molecule has 2 rings (SSSR count). The molecule has 0 aliphatic carbocycles. The highest BCUT2D eigenvalue weighted by Gasteiger charge is 2.18. The molecule has 1 heterocycles. The molecule has 0 aliphatic rings. The first-order valence-electron chi connectivity index (χ1n) is 5.57. The zero-order valence-electron chi connectivity index (χ0n) is 9.84. The van der Waals surface area contributed by atoms with Gasteiger partial charge in [-0.2, -0.15) is 5.26 Å². The minimum absolute atomic E-state index is 0.161. The highest BCUT2D eigenvalue weighted by Crippen LogP contribution is 2.23. The molecule has 0 aliphatic heterocycles. The number of nitriles is 1. The van der Waals surface area contributed by atoms with Crippen molar-refractivity contribution in [2.45, 2.75) is 12.3 Å². The predicted molar refractivity (Wildman–Crippen MR) is 69.2 cm³/mol. The number of carboxylic acid groups (broad SMARTS) is 1. The average molecular weight is 276 g/mol. The molecule has 1 aromatic heterocycles. The van der Waals surface area contributed by atoms with Gasteiger partial charge < -0.3 is 9.52 Å². The topological polar surface area (TPSA) is 74.2 Å². The zero-order chi connectivity index (χ0) is 13.8. The predicted octanol–water partition coefficient (Wildman–Crippen LogP) is 3.48. The monoisotopic (exact) mass is 275 g/mol. The van der Waals surface area contributed by atoms with E-state index in [0.717, 1.165) is 5.56 Å². The highest BCUT2D eigenvalue weighted by atomic mass is 35.5. The molecule has 0 bridgehead atoms. The van der Waals surface area contributed by atoms with Crippen molar-refractivity contribution in [2.75, 3.05) is 0 Å². The lowest BCUT2D eigenvalue weighted by molar-refractivity contribution is 0.0660. The molecule has 2 aromatic rings. The Balaban J connectivity index is 2.18. The molecular weight excluding hydrogens is 266 g/mol. The van der Waals surface area contributed by atoms with Gasteiger partial charge in [-0.25, -0.2) is 4.79 Å². The third-order valence-corrected chi connectivity index (χ3v) is 2.94. The van der Waals surface area contributed by atoms with Gasteiger partial charge in [0.05, 0.1) is 6.07 Å². The van der Waals surface area contributed by atoms with Crippen LogP contribution in [-0.4, -0.2) is 11.1 Å². The second-order valence-corrected chi connectivity index (χ2v) is 4.46. The lowest BCUT2D eigenvalue weighted by Crippen LogP contribution is -1.99. The molecule has 0 spiro atoms. The Morgan fingerprint density at radius 3 is 2.53 bits per heavy atom. The Labute approximate surface area is 114 Å². The highest BCUT2D eigenvalue weighted by molar-refractivity contribution is 6.30. The summed E-state index contributed by atoms with van der Waals surface area (Å²) >= 11 is 5.79. The number of nitrogens with zero attached hydrogens (tertiary/aromatic N) is 1. The van der Waals surface area contributed by atoms with E-state index < -0.39 is 11.9 Å². The average Bonchev–Trinajstić information content (AvgIpc) is 2.88. The van der Waals surface area contributed by atoms with Crippen LogP contribution in [0, 0.1) is 11.3 Å². The summed E-state index contributed by atoms with van der Waals surface area (Å²) in [5.41, 5.74) is 0.934. The number of hydrogen-bond acceptors (Lipinski definition) is 3. The number of aromatic carboxylic acids is 1. The third kappa shape index (κ3) is 3.15. The standard InChI is InChI=1S/C14H10ClNO3/c15-11-3-1-9(2-4-11)7-10(8-16)12-5-6-13(19-12)14(17)18/h1-6,10H,7H2,(H,17,18). The first-order valence-corrected chi connectivity index (χ1v) is 5.95. The van der Waals surface area contributed by atoms with E-state index in [9.17, 15) is 4.79 Å². The van der Waals surface area contributed by atoms with Gasteiger partial charge in [-0.3, -0.25) is 0 Å². The first-order chi connectivity index (χ1) is 9.10. The van der Waals surface area contributed by atoms with Crippen molar-refractivity contribution in [3.63, 3.8) is 0 Å². The van der Waals surface area contributed by atoms with Crippen LogP contribution in [0.25, 0.3) is 0 Å². The zero-order valence-corrected chi connectivity index (χ0v) is 10.6. The third-order valence-electron chi connectivity index (χ3n) is 2.69. The normalized spacial score (nSPS) is 11.8. The molecule has 0 amide bonds. The molecule has 19 heavy (non-hydrogen) atoms. The van der Waals surface area contributed by atoms with Gasteiger partial charge in [-0.1, -0.05) is 23.7 Å². The summed E-state index contributed by atoms with van der Waals surface area (Å²) in [4.78, 5) is 10.7. The van der Waals surface area contributed by atoms with E-state index in [4.69, 9.17) is 26.4 Å². The molecule has 0 fully saturated rings. The van der Waals surface area contributed by atoms with E-state index in [1.54, 1.807) is 12.1 Å². The van der Waals surface area contributed by atoms with E-state index in [1.807, 2.05) is 12.1 Å². The van der Waals surface area contributed by atoms with Crippen molar-refractivity contribution in [1.82, 2.24) is 0 Å². The molecule has 0 saturated heterocycles. The summed E-state index contributed by atoms with van der Waals surface area (Å²) in [6.07, 6.45) is 0.445. The molecule has 1 unspecified atom stereocenters. The van der Waals surface area contributed by atoms with Crippen molar-refractivity contribution in [2.24, 2.45) is 0 Å². The van der Waals surface area contributed by atoms with Crippen molar-refractivity contribution >= 4 is 17.6 Å². The minimum Gasteiger partial charge on any atom is -0.475 e. The van der Waals surface area contributed by atoms with E-state index >= 15 is 0 Å². The Kier molecular flexibility index (Phi) is 3.88. The molecule has 1 aromatic carbocycles. The van der Waals surface area contributed by atoms with Crippen LogP contribution in [0.5, 0.6) is 0 Å². The number of benzene rings is 1. The van der Waals surface area contributed by atoms with Crippen LogP contribution >= 0.6 is 11.6 Å². The maximum atomic E-state index is 10.7. The maximum absolute atomic E-state index is 10.7. The van der Waals surface area contributed by atoms with Gasteiger partial charge in [-0.05, 0) is 36.2 Å². The molecule has 0 saturated carbocycles. The van der Waals surface area contributed by atoms with Crippen LogP contribution in [0.1, 0.15) is 27.8 Å². The van der Waals surface area contributed by atoms with Crippen molar-refractivity contribution in [3.8, 4) is 6.07 Å². The molecule has 1 atom stereocenters. The lowest BCUT2D eigenvalue weighted by Gasteiger charge is -2.06. The van der Waals surface area contributed by atoms with Gasteiger partial charge in [0, 0.05) is 5.02 Å². The summed E-state index contributed by atoms with van der Waals surface area (Å²) in [5.74, 6) is -1.47. The van der Waals surface area contributed by atoms with Gasteiger partial charge in [-0.15, -0.1) is 0 Å². The fourth-order valence-electron chi connectivity index (χ4n) is 1.72. The Morgan fingerprint density at radius 1 is 1.32 bits per heavy atom. The summed E-state index contributed by atoms with van der Waals surface area (Å²) < 4.78 is 5.15.